The Kier molecular flexibility index (Phi) is 5.73. The van der Waals surface area contributed by atoms with Gasteiger partial charge in [0.2, 0.25) is 5.91 Å². The molecule has 0 bridgehead atoms. The first-order valence-corrected chi connectivity index (χ1v) is 7.06. The highest BCUT2D eigenvalue weighted by molar-refractivity contribution is 5.88. The summed E-state index contributed by atoms with van der Waals surface area (Å²) in [6.07, 6.45) is 12.3. The molecule has 0 saturated heterocycles. The number of carbonyl (C=O) groups excluding carboxylic acids is 1. The van der Waals surface area contributed by atoms with Gasteiger partial charge in [0, 0.05) is 12.1 Å². The lowest BCUT2D eigenvalue weighted by Gasteiger charge is -2.39. The van der Waals surface area contributed by atoms with Crippen LogP contribution < -0.4 is 0 Å². The van der Waals surface area contributed by atoms with Crippen molar-refractivity contribution in [1.82, 2.24) is 4.90 Å². The summed E-state index contributed by atoms with van der Waals surface area (Å²) in [7, 11) is 0. The van der Waals surface area contributed by atoms with Gasteiger partial charge in [0.1, 0.15) is 0 Å². The molecule has 1 aliphatic heterocycles. The Balaban J connectivity index is 2.34. The van der Waals surface area contributed by atoms with Gasteiger partial charge in [0.15, 0.2) is 0 Å². The molecule has 0 N–H and O–H groups in total. The smallest absolute Gasteiger partial charge is 0.246 e. The van der Waals surface area contributed by atoms with Crippen LogP contribution in [0.15, 0.2) is 12.2 Å². The quantitative estimate of drug-likeness (QED) is 0.615. The van der Waals surface area contributed by atoms with E-state index in [-0.39, 0.29) is 11.4 Å². The minimum atomic E-state index is 0.0219. The molecule has 1 heterocycles. The summed E-state index contributed by atoms with van der Waals surface area (Å²) in [4.78, 5) is 13.8. The van der Waals surface area contributed by atoms with Gasteiger partial charge in [-0.3, -0.25) is 4.79 Å². The largest absolute Gasteiger partial charge is 0.334 e. The molecule has 0 aliphatic carbocycles. The van der Waals surface area contributed by atoms with Crippen molar-refractivity contribution < 1.29 is 4.79 Å². The molecule has 98 valence electrons. The normalized spacial score (nSPS) is 16.6. The average molecular weight is 237 g/mol. The van der Waals surface area contributed by atoms with E-state index in [1.54, 1.807) is 6.08 Å². The number of nitrogens with zero attached hydrogens (tertiary/aromatic N) is 1. The van der Waals surface area contributed by atoms with Gasteiger partial charge in [0.05, 0.1) is 0 Å². The third kappa shape index (κ3) is 4.53. The lowest BCUT2D eigenvalue weighted by molar-refractivity contribution is -0.132. The maximum Gasteiger partial charge on any atom is 0.246 e. The van der Waals surface area contributed by atoms with Crippen molar-refractivity contribution in [3.63, 3.8) is 0 Å². The third-order valence-electron chi connectivity index (χ3n) is 3.67. The van der Waals surface area contributed by atoms with Crippen LogP contribution in [-0.4, -0.2) is 22.9 Å². The Morgan fingerprint density at radius 1 is 1.24 bits per heavy atom. The number of carbonyl (C=O) groups is 1. The second-order valence-electron chi connectivity index (χ2n) is 5.66. The molecule has 0 radical (unpaired) electrons. The maximum atomic E-state index is 11.8. The van der Waals surface area contributed by atoms with Crippen molar-refractivity contribution in [1.29, 1.82) is 0 Å². The molecule has 2 nitrogen and oxygen atoms in total. The zero-order valence-corrected chi connectivity index (χ0v) is 11.7. The van der Waals surface area contributed by atoms with Crippen LogP contribution in [0.3, 0.4) is 0 Å². The number of amides is 1. The molecule has 0 saturated carbocycles. The fraction of sp³-hybridized carbons (Fsp3) is 0.800. The number of hydrogen-bond acceptors (Lipinski definition) is 1. The lowest BCUT2D eigenvalue weighted by atomic mass is 9.93. The van der Waals surface area contributed by atoms with Crippen molar-refractivity contribution in [2.45, 2.75) is 71.3 Å². The molecule has 17 heavy (non-hydrogen) atoms. The van der Waals surface area contributed by atoms with Crippen LogP contribution in [0.4, 0.5) is 0 Å². The van der Waals surface area contributed by atoms with E-state index in [1.165, 1.54) is 32.1 Å². The van der Waals surface area contributed by atoms with Gasteiger partial charge < -0.3 is 4.90 Å². The minimum Gasteiger partial charge on any atom is -0.334 e. The number of unbranched alkanes of at least 4 members (excludes halogenated alkanes) is 4. The SMILES string of the molecule is CCCCCCCC(C)(C)N1CCC=CC1=O. The summed E-state index contributed by atoms with van der Waals surface area (Å²) < 4.78 is 0. The van der Waals surface area contributed by atoms with E-state index in [1.807, 2.05) is 11.0 Å². The van der Waals surface area contributed by atoms with Crippen LogP contribution in [0.1, 0.15) is 65.7 Å². The van der Waals surface area contributed by atoms with E-state index in [2.05, 4.69) is 20.8 Å². The van der Waals surface area contributed by atoms with Gasteiger partial charge in [-0.2, -0.15) is 0 Å². The second-order valence-corrected chi connectivity index (χ2v) is 5.66. The molecule has 2 heteroatoms. The van der Waals surface area contributed by atoms with Gasteiger partial charge in [-0.1, -0.05) is 45.1 Å². The van der Waals surface area contributed by atoms with Gasteiger partial charge in [-0.05, 0) is 32.8 Å². The van der Waals surface area contributed by atoms with Gasteiger partial charge in [-0.15, -0.1) is 0 Å². The zero-order chi connectivity index (χ0) is 12.7. The fourth-order valence-electron chi connectivity index (χ4n) is 2.49. The van der Waals surface area contributed by atoms with Crippen LogP contribution in [0.5, 0.6) is 0 Å². The molecule has 1 aliphatic rings. The Hall–Kier alpha value is -0.790. The van der Waals surface area contributed by atoms with Crippen molar-refractivity contribution in [3.8, 4) is 0 Å². The van der Waals surface area contributed by atoms with E-state index < -0.39 is 0 Å². The standard InChI is InChI=1S/C15H27NO/c1-4-5-6-7-9-12-15(2,3)16-13-10-8-11-14(16)17/h8,11H,4-7,9-10,12-13H2,1-3H3. The molecular weight excluding hydrogens is 210 g/mol. The van der Waals surface area contributed by atoms with E-state index >= 15 is 0 Å². The Bertz CT molecular complexity index is 268. The predicted molar refractivity (Wildman–Crippen MR) is 72.9 cm³/mol. The van der Waals surface area contributed by atoms with Gasteiger partial charge in [0.25, 0.3) is 0 Å². The van der Waals surface area contributed by atoms with Crippen molar-refractivity contribution >= 4 is 5.91 Å². The van der Waals surface area contributed by atoms with Crippen molar-refractivity contribution in [3.05, 3.63) is 12.2 Å². The molecule has 0 unspecified atom stereocenters. The second kappa shape index (κ2) is 6.83. The van der Waals surface area contributed by atoms with Crippen LogP contribution in [0, 0.1) is 0 Å². The predicted octanol–water partition coefficient (Wildman–Crippen LogP) is 3.91. The summed E-state index contributed by atoms with van der Waals surface area (Å²) in [6.45, 7) is 7.52. The first-order valence-electron chi connectivity index (χ1n) is 7.06. The third-order valence-corrected chi connectivity index (χ3v) is 3.67. The summed E-state index contributed by atoms with van der Waals surface area (Å²) in [5.74, 6) is 0.190. The fourth-order valence-corrected chi connectivity index (χ4v) is 2.49. The van der Waals surface area contributed by atoms with Crippen molar-refractivity contribution in [2.75, 3.05) is 6.54 Å². The highest BCUT2D eigenvalue weighted by atomic mass is 16.2. The minimum absolute atomic E-state index is 0.0219. The molecule has 0 aromatic rings. The van der Waals surface area contributed by atoms with Gasteiger partial charge in [-0.25, -0.2) is 0 Å². The molecule has 0 aromatic heterocycles. The van der Waals surface area contributed by atoms with E-state index in [0.29, 0.717) is 0 Å². The topological polar surface area (TPSA) is 20.3 Å². The highest BCUT2D eigenvalue weighted by Gasteiger charge is 2.29. The number of hydrogen-bond donors (Lipinski definition) is 0. The maximum absolute atomic E-state index is 11.8. The Labute approximate surface area is 106 Å². The summed E-state index contributed by atoms with van der Waals surface area (Å²) in [5.41, 5.74) is 0.0219. The van der Waals surface area contributed by atoms with Crippen molar-refractivity contribution in [2.24, 2.45) is 0 Å². The summed E-state index contributed by atoms with van der Waals surface area (Å²) in [6, 6.07) is 0. The number of rotatable bonds is 7. The molecule has 0 atom stereocenters. The Morgan fingerprint density at radius 2 is 1.94 bits per heavy atom. The van der Waals surface area contributed by atoms with Gasteiger partial charge >= 0.3 is 0 Å². The molecule has 0 spiro atoms. The highest BCUT2D eigenvalue weighted by Crippen LogP contribution is 2.24. The van der Waals surface area contributed by atoms with Crippen LogP contribution in [0.2, 0.25) is 0 Å². The Morgan fingerprint density at radius 3 is 2.59 bits per heavy atom. The van der Waals surface area contributed by atoms with E-state index in [9.17, 15) is 4.79 Å². The lowest BCUT2D eigenvalue weighted by Crippen LogP contribution is -2.48. The molecule has 1 rings (SSSR count). The average Bonchev–Trinajstić information content (AvgIpc) is 2.29. The van der Waals surface area contributed by atoms with Crippen LogP contribution >= 0.6 is 0 Å². The first-order chi connectivity index (χ1) is 8.08. The molecular formula is C15H27NO. The first kappa shape index (κ1) is 14.3. The monoisotopic (exact) mass is 237 g/mol. The van der Waals surface area contributed by atoms with E-state index in [4.69, 9.17) is 0 Å². The zero-order valence-electron chi connectivity index (χ0n) is 11.7. The van der Waals surface area contributed by atoms with Crippen LogP contribution in [0.25, 0.3) is 0 Å². The summed E-state index contributed by atoms with van der Waals surface area (Å²) >= 11 is 0. The summed E-state index contributed by atoms with van der Waals surface area (Å²) in [5, 5.41) is 0. The van der Waals surface area contributed by atoms with Crippen LogP contribution in [-0.2, 0) is 4.79 Å². The molecule has 0 aromatic carbocycles. The van der Waals surface area contributed by atoms with E-state index in [0.717, 1.165) is 19.4 Å². The molecule has 1 amide bonds. The molecule has 0 fully saturated rings.